The van der Waals surface area contributed by atoms with Gasteiger partial charge in [0.15, 0.2) is 0 Å². The lowest BCUT2D eigenvalue weighted by atomic mass is 10.1. The standard InChI is InChI=1S/C12H12.C11H10.C9H8.C8H9Cl.C8H9F.3C8H10/c1-9-3-5-12-8-10(2)4-6-11(12)7-9;1-9-6-7-10-4-2-3-5-11(10)8-9;1-3-9-6-4-8(2)5-7-9;1-6-3-4-8(9)7(2)5-6;1-6-3-4-7(2)8(9)5-6;3*1-7-3-5-8(2)6-4-7/h3-8H,1-2H3;2-8H,1H3;1,4-7H,2H3;2*3-5H,1-2H3;3*3-6H,1-2H3. The molecule has 10 aromatic rings. The molecule has 0 amide bonds. The van der Waals surface area contributed by atoms with Crippen molar-refractivity contribution >= 4 is 33.1 Å². The molecule has 0 nitrogen and oxygen atoms in total. The van der Waals surface area contributed by atoms with Crippen molar-refractivity contribution in [3.8, 4) is 12.3 Å². The van der Waals surface area contributed by atoms with Gasteiger partial charge in [-0.3, -0.25) is 0 Å². The Hall–Kier alpha value is -7.50. The fourth-order valence-electron chi connectivity index (χ4n) is 6.85. The lowest BCUT2D eigenvalue weighted by Crippen LogP contribution is -1.81. The molecule has 74 heavy (non-hydrogen) atoms. The van der Waals surface area contributed by atoms with Crippen LogP contribution in [-0.2, 0) is 0 Å². The fraction of sp³-hybridized carbons (Fsp3) is 0.194. The van der Waals surface area contributed by atoms with E-state index < -0.39 is 0 Å². The maximum Gasteiger partial charge on any atom is 0.126 e. The molecule has 0 heterocycles. The van der Waals surface area contributed by atoms with E-state index in [1.54, 1.807) is 13.0 Å². The lowest BCUT2D eigenvalue weighted by molar-refractivity contribution is 0.617. The number of rotatable bonds is 0. The minimum absolute atomic E-state index is 0.116. The Kier molecular flexibility index (Phi) is 26.7. The van der Waals surface area contributed by atoms with Gasteiger partial charge >= 0.3 is 0 Å². The zero-order valence-electron chi connectivity index (χ0n) is 46.5. The van der Waals surface area contributed by atoms with Crippen LogP contribution in [0.25, 0.3) is 21.5 Å². The predicted molar refractivity (Wildman–Crippen MR) is 326 cm³/mol. The van der Waals surface area contributed by atoms with Crippen molar-refractivity contribution in [2.45, 2.75) is 96.9 Å². The van der Waals surface area contributed by atoms with Crippen LogP contribution in [-0.4, -0.2) is 0 Å². The molecule has 0 spiro atoms. The van der Waals surface area contributed by atoms with E-state index in [0.29, 0.717) is 5.56 Å². The lowest BCUT2D eigenvalue weighted by Gasteiger charge is -1.99. The number of aryl methyl sites for hydroxylation is 14. The topological polar surface area (TPSA) is 0 Å². The van der Waals surface area contributed by atoms with E-state index in [1.165, 1.54) is 88.8 Å². The van der Waals surface area contributed by atoms with Crippen LogP contribution in [0.4, 0.5) is 4.39 Å². The summed E-state index contributed by atoms with van der Waals surface area (Å²) < 4.78 is 12.6. The van der Waals surface area contributed by atoms with Crippen LogP contribution in [0.5, 0.6) is 0 Å². The number of hydrogen-bond acceptors (Lipinski definition) is 0. The Balaban J connectivity index is 0.000000224. The first kappa shape index (κ1) is 60.8. The van der Waals surface area contributed by atoms with Gasteiger partial charge in [-0.2, -0.15) is 0 Å². The molecule has 2 heteroatoms. The van der Waals surface area contributed by atoms with Crippen LogP contribution in [0.15, 0.2) is 212 Å². The summed E-state index contributed by atoms with van der Waals surface area (Å²) in [5.74, 6) is 2.44. The van der Waals surface area contributed by atoms with Crippen molar-refractivity contribution < 1.29 is 4.39 Å². The van der Waals surface area contributed by atoms with Crippen molar-refractivity contribution in [1.29, 1.82) is 0 Å². The minimum Gasteiger partial charge on any atom is -0.207 e. The Morgan fingerprint density at radius 1 is 0.284 bits per heavy atom. The molecule has 10 rings (SSSR count). The third-order valence-electron chi connectivity index (χ3n) is 11.6. The molecule has 0 fully saturated rings. The van der Waals surface area contributed by atoms with Crippen LogP contribution in [0, 0.1) is 115 Å². The molecule has 0 saturated heterocycles. The number of halogens is 2. The monoisotopic (exact) mass is 997 g/mol. The highest BCUT2D eigenvalue weighted by Crippen LogP contribution is 2.18. The Labute approximate surface area is 451 Å². The summed E-state index contributed by atoms with van der Waals surface area (Å²) >= 11 is 5.78. The molecule has 10 aromatic carbocycles. The summed E-state index contributed by atoms with van der Waals surface area (Å²) in [6, 6.07) is 72.6. The molecule has 0 saturated carbocycles. The summed E-state index contributed by atoms with van der Waals surface area (Å²) in [6.07, 6.45) is 5.15. The van der Waals surface area contributed by atoms with Gasteiger partial charge in [-0.05, 0) is 159 Å². The highest BCUT2D eigenvalue weighted by atomic mass is 35.5. The molecule has 0 atom stereocenters. The van der Waals surface area contributed by atoms with Crippen LogP contribution >= 0.6 is 11.6 Å². The van der Waals surface area contributed by atoms with E-state index in [4.69, 9.17) is 18.0 Å². The largest absolute Gasteiger partial charge is 0.207 e. The molecule has 0 unspecified atom stereocenters. The summed E-state index contributed by atoms with van der Waals surface area (Å²) in [5, 5.41) is 6.16. The van der Waals surface area contributed by atoms with Crippen LogP contribution in [0.1, 0.15) is 83.5 Å². The van der Waals surface area contributed by atoms with Gasteiger partial charge in [-0.1, -0.05) is 267 Å². The average molecular weight is 998 g/mol. The number of fused-ring (bicyclic) bond motifs is 2. The van der Waals surface area contributed by atoms with Gasteiger partial charge in [0.1, 0.15) is 5.82 Å². The van der Waals surface area contributed by atoms with E-state index in [-0.39, 0.29) is 5.82 Å². The van der Waals surface area contributed by atoms with Crippen LogP contribution in [0.2, 0.25) is 5.02 Å². The molecule has 0 N–H and O–H groups in total. The second kappa shape index (κ2) is 32.5. The smallest absolute Gasteiger partial charge is 0.126 e. The van der Waals surface area contributed by atoms with Gasteiger partial charge in [0.2, 0.25) is 0 Å². The Morgan fingerprint density at radius 3 is 0.878 bits per heavy atom. The third-order valence-corrected chi connectivity index (χ3v) is 12.0. The quantitative estimate of drug-likeness (QED) is 0.133. The molecule has 0 aliphatic carbocycles. The van der Waals surface area contributed by atoms with E-state index in [9.17, 15) is 4.39 Å². The molecule has 0 radical (unpaired) electrons. The molecular weight excluding hydrogens is 919 g/mol. The van der Waals surface area contributed by atoms with Gasteiger partial charge in [-0.25, -0.2) is 4.39 Å². The van der Waals surface area contributed by atoms with Gasteiger partial charge in [-0.15, -0.1) is 6.42 Å². The zero-order chi connectivity index (χ0) is 54.6. The normalized spacial score (nSPS) is 9.61. The summed E-state index contributed by atoms with van der Waals surface area (Å²) in [7, 11) is 0. The van der Waals surface area contributed by atoms with Crippen LogP contribution in [0.3, 0.4) is 0 Å². The predicted octanol–water partition coefficient (Wildman–Crippen LogP) is 20.9. The molecular formula is C72H78ClF. The maximum absolute atomic E-state index is 12.6. The summed E-state index contributed by atoms with van der Waals surface area (Å²) in [6.45, 7) is 28.7. The van der Waals surface area contributed by atoms with Gasteiger partial charge in [0.25, 0.3) is 0 Å². The zero-order valence-corrected chi connectivity index (χ0v) is 47.3. The van der Waals surface area contributed by atoms with Crippen molar-refractivity contribution in [3.05, 3.63) is 307 Å². The fourth-order valence-corrected chi connectivity index (χ4v) is 6.96. The van der Waals surface area contributed by atoms with Crippen molar-refractivity contribution in [1.82, 2.24) is 0 Å². The van der Waals surface area contributed by atoms with Crippen molar-refractivity contribution in [2.24, 2.45) is 0 Å². The third kappa shape index (κ3) is 24.8. The van der Waals surface area contributed by atoms with E-state index >= 15 is 0 Å². The molecule has 380 valence electrons. The minimum atomic E-state index is -0.116. The number of benzene rings is 10. The van der Waals surface area contributed by atoms with Gasteiger partial charge < -0.3 is 0 Å². The van der Waals surface area contributed by atoms with E-state index in [0.717, 1.165) is 21.7 Å². The Bertz CT molecular complexity index is 2990. The first-order valence-corrected chi connectivity index (χ1v) is 25.6. The SMILES string of the molecule is C#Cc1ccc(C)cc1.Cc1ccc(C)c(F)c1.Cc1ccc(C)cc1.Cc1ccc(C)cc1.Cc1ccc(C)cc1.Cc1ccc(Cl)c(C)c1.Cc1ccc2cc(C)ccc2c1.Cc1ccc2ccccc2c1. The number of terminal acetylenes is 1. The molecule has 0 aromatic heterocycles. The van der Waals surface area contributed by atoms with Crippen molar-refractivity contribution in [2.75, 3.05) is 0 Å². The van der Waals surface area contributed by atoms with E-state index in [2.05, 4.69) is 233 Å². The van der Waals surface area contributed by atoms with Crippen molar-refractivity contribution in [3.63, 3.8) is 0 Å². The van der Waals surface area contributed by atoms with Gasteiger partial charge in [0.05, 0.1) is 0 Å². The first-order valence-electron chi connectivity index (χ1n) is 25.2. The first-order chi connectivity index (χ1) is 35.2. The molecule has 0 bridgehead atoms. The van der Waals surface area contributed by atoms with E-state index in [1.807, 2.05) is 63.2 Å². The second-order valence-corrected chi connectivity index (χ2v) is 19.6. The van der Waals surface area contributed by atoms with Gasteiger partial charge in [0, 0.05) is 10.6 Å². The number of hydrogen-bond donors (Lipinski definition) is 0. The Morgan fingerprint density at radius 2 is 0.554 bits per heavy atom. The highest BCUT2D eigenvalue weighted by Gasteiger charge is 1.95. The van der Waals surface area contributed by atoms with Crippen LogP contribution < -0.4 is 0 Å². The molecule has 0 aliphatic heterocycles. The average Bonchev–Trinajstić information content (AvgIpc) is 3.38. The second-order valence-electron chi connectivity index (χ2n) is 19.2. The maximum atomic E-state index is 12.6. The highest BCUT2D eigenvalue weighted by molar-refractivity contribution is 6.31. The molecule has 0 aliphatic rings. The summed E-state index contributed by atoms with van der Waals surface area (Å²) in [5.41, 5.74) is 18.2. The summed E-state index contributed by atoms with van der Waals surface area (Å²) in [4.78, 5) is 0.